The highest BCUT2D eigenvalue weighted by atomic mass is 16.2. The number of hydrogen-bond donors (Lipinski definition) is 2. The zero-order chi connectivity index (χ0) is 18.4. The predicted octanol–water partition coefficient (Wildman–Crippen LogP) is 3.89. The van der Waals surface area contributed by atoms with Crippen LogP contribution in [0.15, 0.2) is 78.9 Å². The minimum absolute atomic E-state index is 0.119. The average molecular weight is 344 g/mol. The molecule has 3 aromatic carbocycles. The molecule has 0 aliphatic heterocycles. The molecule has 0 unspecified atom stereocenters. The van der Waals surface area contributed by atoms with Crippen molar-refractivity contribution in [3.8, 4) is 11.1 Å². The number of nitrogens with one attached hydrogen (secondary N) is 2. The van der Waals surface area contributed by atoms with Gasteiger partial charge in [-0.2, -0.15) is 0 Å². The maximum atomic E-state index is 12.3. The molecule has 26 heavy (non-hydrogen) atoms. The third kappa shape index (κ3) is 4.36. The van der Waals surface area contributed by atoms with Gasteiger partial charge in [-0.25, -0.2) is 0 Å². The zero-order valence-corrected chi connectivity index (χ0v) is 14.5. The van der Waals surface area contributed by atoms with Crippen LogP contribution in [-0.2, 0) is 11.2 Å². The fourth-order valence-electron chi connectivity index (χ4n) is 2.72. The first-order valence-corrected chi connectivity index (χ1v) is 8.42. The van der Waals surface area contributed by atoms with Crippen molar-refractivity contribution < 1.29 is 9.59 Å². The predicted molar refractivity (Wildman–Crippen MR) is 104 cm³/mol. The topological polar surface area (TPSA) is 58.2 Å². The minimum Gasteiger partial charge on any atom is -0.355 e. The molecule has 0 radical (unpaired) electrons. The number of carbonyl (C=O) groups is 2. The molecule has 0 spiro atoms. The summed E-state index contributed by atoms with van der Waals surface area (Å²) in [6, 6.07) is 24.9. The summed E-state index contributed by atoms with van der Waals surface area (Å²) in [5.41, 5.74) is 4.32. The summed E-state index contributed by atoms with van der Waals surface area (Å²) >= 11 is 0. The molecule has 0 atom stereocenters. The standard InChI is InChI=1S/C22H20N2O2/c1-23-22(26)19-8-5-9-20(15-19)24-21(25)14-16-10-12-18(13-11-16)17-6-3-2-4-7-17/h2-13,15H,14H2,1H3,(H,23,26)(H,24,25). The molecule has 3 rings (SSSR count). The van der Waals surface area contributed by atoms with E-state index in [1.165, 1.54) is 0 Å². The van der Waals surface area contributed by atoms with Crippen molar-refractivity contribution in [3.63, 3.8) is 0 Å². The van der Waals surface area contributed by atoms with E-state index in [1.54, 1.807) is 31.3 Å². The van der Waals surface area contributed by atoms with Gasteiger partial charge in [-0.3, -0.25) is 9.59 Å². The van der Waals surface area contributed by atoms with Gasteiger partial charge in [-0.15, -0.1) is 0 Å². The normalized spacial score (nSPS) is 10.2. The number of anilines is 1. The fraction of sp³-hybridized carbons (Fsp3) is 0.0909. The Morgan fingerprint density at radius 2 is 1.50 bits per heavy atom. The Hall–Kier alpha value is -3.40. The molecular formula is C22H20N2O2. The number of rotatable bonds is 5. The van der Waals surface area contributed by atoms with Gasteiger partial charge in [0.05, 0.1) is 6.42 Å². The Labute approximate surface area is 152 Å². The van der Waals surface area contributed by atoms with Gasteiger partial charge in [0.1, 0.15) is 0 Å². The molecule has 0 bridgehead atoms. The molecule has 0 aliphatic rings. The van der Waals surface area contributed by atoms with Crippen LogP contribution in [0.2, 0.25) is 0 Å². The number of carbonyl (C=O) groups excluding carboxylic acids is 2. The zero-order valence-electron chi connectivity index (χ0n) is 14.5. The first-order chi connectivity index (χ1) is 12.7. The highest BCUT2D eigenvalue weighted by molar-refractivity contribution is 5.97. The van der Waals surface area contributed by atoms with E-state index in [0.29, 0.717) is 11.3 Å². The van der Waals surface area contributed by atoms with Crippen LogP contribution in [0.5, 0.6) is 0 Å². The molecule has 0 saturated carbocycles. The van der Waals surface area contributed by atoms with Gasteiger partial charge >= 0.3 is 0 Å². The van der Waals surface area contributed by atoms with E-state index in [2.05, 4.69) is 22.8 Å². The summed E-state index contributed by atoms with van der Waals surface area (Å²) in [6.07, 6.45) is 0.277. The summed E-state index contributed by atoms with van der Waals surface area (Å²) in [4.78, 5) is 23.9. The second-order valence-electron chi connectivity index (χ2n) is 5.95. The first kappa shape index (κ1) is 17.4. The molecule has 3 aromatic rings. The van der Waals surface area contributed by atoms with Crippen molar-refractivity contribution in [2.24, 2.45) is 0 Å². The smallest absolute Gasteiger partial charge is 0.251 e. The monoisotopic (exact) mass is 344 g/mol. The first-order valence-electron chi connectivity index (χ1n) is 8.42. The molecule has 0 heterocycles. The van der Waals surface area contributed by atoms with E-state index in [9.17, 15) is 9.59 Å². The van der Waals surface area contributed by atoms with Crippen LogP contribution < -0.4 is 10.6 Å². The van der Waals surface area contributed by atoms with Gasteiger partial charge in [0.25, 0.3) is 5.91 Å². The van der Waals surface area contributed by atoms with Gasteiger partial charge in [0.2, 0.25) is 5.91 Å². The summed E-state index contributed by atoms with van der Waals surface area (Å²) in [5, 5.41) is 5.41. The molecular weight excluding hydrogens is 324 g/mol. The number of hydrogen-bond acceptors (Lipinski definition) is 2. The van der Waals surface area contributed by atoms with Crippen molar-refractivity contribution >= 4 is 17.5 Å². The molecule has 0 aliphatic carbocycles. The van der Waals surface area contributed by atoms with E-state index < -0.39 is 0 Å². The molecule has 4 nitrogen and oxygen atoms in total. The van der Waals surface area contributed by atoms with Gasteiger partial charge in [0.15, 0.2) is 0 Å². The summed E-state index contributed by atoms with van der Waals surface area (Å²) in [7, 11) is 1.58. The highest BCUT2D eigenvalue weighted by Crippen LogP contribution is 2.19. The molecule has 4 heteroatoms. The molecule has 2 amide bonds. The molecule has 130 valence electrons. The Morgan fingerprint density at radius 1 is 0.808 bits per heavy atom. The van der Waals surface area contributed by atoms with Crippen LogP contribution in [0.25, 0.3) is 11.1 Å². The van der Waals surface area contributed by atoms with Crippen LogP contribution in [0.4, 0.5) is 5.69 Å². The van der Waals surface area contributed by atoms with E-state index in [0.717, 1.165) is 16.7 Å². The van der Waals surface area contributed by atoms with Gasteiger partial charge in [0, 0.05) is 18.3 Å². The van der Waals surface area contributed by atoms with Gasteiger partial charge < -0.3 is 10.6 Å². The van der Waals surface area contributed by atoms with Crippen molar-refractivity contribution in [2.75, 3.05) is 12.4 Å². The van der Waals surface area contributed by atoms with E-state index in [4.69, 9.17) is 0 Å². The van der Waals surface area contributed by atoms with Crippen LogP contribution in [-0.4, -0.2) is 18.9 Å². The van der Waals surface area contributed by atoms with Crippen LogP contribution >= 0.6 is 0 Å². The molecule has 0 saturated heterocycles. The molecule has 0 aromatic heterocycles. The Kier molecular flexibility index (Phi) is 5.44. The Bertz CT molecular complexity index is 903. The summed E-state index contributed by atoms with van der Waals surface area (Å²) in [5.74, 6) is -0.302. The summed E-state index contributed by atoms with van der Waals surface area (Å²) < 4.78 is 0. The Morgan fingerprint density at radius 3 is 2.19 bits per heavy atom. The molecule has 0 fully saturated rings. The quantitative estimate of drug-likeness (QED) is 0.738. The van der Waals surface area contributed by atoms with Crippen LogP contribution in [0, 0.1) is 0 Å². The lowest BCUT2D eigenvalue weighted by Gasteiger charge is -2.08. The lowest BCUT2D eigenvalue weighted by atomic mass is 10.0. The molecule has 2 N–H and O–H groups in total. The maximum Gasteiger partial charge on any atom is 0.251 e. The second kappa shape index (κ2) is 8.12. The minimum atomic E-state index is -0.183. The van der Waals surface area contributed by atoms with E-state index >= 15 is 0 Å². The fourth-order valence-corrected chi connectivity index (χ4v) is 2.72. The average Bonchev–Trinajstić information content (AvgIpc) is 2.68. The van der Waals surface area contributed by atoms with E-state index in [1.807, 2.05) is 42.5 Å². The van der Waals surface area contributed by atoms with Crippen molar-refractivity contribution in [2.45, 2.75) is 6.42 Å². The van der Waals surface area contributed by atoms with Crippen LogP contribution in [0.1, 0.15) is 15.9 Å². The second-order valence-corrected chi connectivity index (χ2v) is 5.95. The van der Waals surface area contributed by atoms with Crippen molar-refractivity contribution in [3.05, 3.63) is 90.0 Å². The van der Waals surface area contributed by atoms with E-state index in [-0.39, 0.29) is 18.2 Å². The largest absolute Gasteiger partial charge is 0.355 e. The third-order valence-electron chi connectivity index (χ3n) is 4.06. The van der Waals surface area contributed by atoms with Gasteiger partial charge in [-0.05, 0) is 34.9 Å². The van der Waals surface area contributed by atoms with Crippen molar-refractivity contribution in [1.29, 1.82) is 0 Å². The third-order valence-corrected chi connectivity index (χ3v) is 4.06. The van der Waals surface area contributed by atoms with Crippen LogP contribution in [0.3, 0.4) is 0 Å². The Balaban J connectivity index is 1.64. The summed E-state index contributed by atoms with van der Waals surface area (Å²) in [6.45, 7) is 0. The highest BCUT2D eigenvalue weighted by Gasteiger charge is 2.07. The lowest BCUT2D eigenvalue weighted by molar-refractivity contribution is -0.115. The maximum absolute atomic E-state index is 12.3. The van der Waals surface area contributed by atoms with Gasteiger partial charge in [-0.1, -0.05) is 60.7 Å². The number of benzene rings is 3. The SMILES string of the molecule is CNC(=O)c1cccc(NC(=O)Cc2ccc(-c3ccccc3)cc2)c1. The lowest BCUT2D eigenvalue weighted by Crippen LogP contribution is -2.19. The van der Waals surface area contributed by atoms with Crippen molar-refractivity contribution in [1.82, 2.24) is 5.32 Å². The number of amides is 2.